The van der Waals surface area contributed by atoms with Crippen LogP contribution in [0.4, 0.5) is 0 Å². The molecule has 2 amide bonds. The second-order valence-electron chi connectivity index (χ2n) is 7.61. The molecule has 168 valence electrons. The molecule has 0 bridgehead atoms. The van der Waals surface area contributed by atoms with Crippen LogP contribution >= 0.6 is 0 Å². The lowest BCUT2D eigenvalue weighted by molar-refractivity contribution is -0.135. The third-order valence-corrected chi connectivity index (χ3v) is 5.16. The zero-order valence-corrected chi connectivity index (χ0v) is 18.3. The number of aliphatic hydroxyl groups is 1. The maximum Gasteiger partial charge on any atom is 0.310 e. The number of aliphatic hydroxyl groups excluding tert-OH is 1. The summed E-state index contributed by atoms with van der Waals surface area (Å²) in [6, 6.07) is 25.0. The smallest absolute Gasteiger partial charge is 0.310 e. The largest absolute Gasteiger partial charge is 0.507 e. The fraction of sp³-hybridized carbons (Fsp3) is 0.0370. The van der Waals surface area contributed by atoms with Gasteiger partial charge in [-0.2, -0.15) is 0 Å². The quantitative estimate of drug-likeness (QED) is 0.183. The molecule has 34 heavy (non-hydrogen) atoms. The Bertz CT molecular complexity index is 1410. The predicted molar refractivity (Wildman–Crippen MR) is 130 cm³/mol. The Morgan fingerprint density at radius 1 is 0.853 bits per heavy atom. The molecular formula is C27H21N3O4. The number of nitrogens with zero attached hydrogens (tertiary/aromatic N) is 1. The summed E-state index contributed by atoms with van der Waals surface area (Å²) in [5, 5.41) is 10.7. The van der Waals surface area contributed by atoms with Gasteiger partial charge in [-0.25, -0.2) is 4.98 Å². The zero-order valence-electron chi connectivity index (χ0n) is 18.3. The van der Waals surface area contributed by atoms with Crippen molar-refractivity contribution in [2.24, 2.45) is 0 Å². The van der Waals surface area contributed by atoms with Crippen LogP contribution in [0.15, 0.2) is 91.0 Å². The second kappa shape index (κ2) is 9.79. The Hall–Kier alpha value is -4.78. The van der Waals surface area contributed by atoms with E-state index in [9.17, 15) is 19.5 Å². The number of rotatable bonds is 5. The van der Waals surface area contributed by atoms with Crippen LogP contribution in [-0.4, -0.2) is 27.7 Å². The van der Waals surface area contributed by atoms with Crippen LogP contribution < -0.4 is 10.9 Å². The number of carbonyl (C=O) groups is 3. The highest BCUT2D eigenvalue weighted by Crippen LogP contribution is 2.24. The van der Waals surface area contributed by atoms with Crippen molar-refractivity contribution in [1.82, 2.24) is 15.8 Å². The van der Waals surface area contributed by atoms with E-state index in [2.05, 4.69) is 15.8 Å². The molecule has 0 aliphatic rings. The zero-order chi connectivity index (χ0) is 24.1. The number of hydrazine groups is 1. The molecule has 0 radical (unpaired) electrons. The highest BCUT2D eigenvalue weighted by molar-refractivity contribution is 6.41. The van der Waals surface area contributed by atoms with E-state index in [1.165, 1.54) is 0 Å². The van der Waals surface area contributed by atoms with Gasteiger partial charge in [0, 0.05) is 22.6 Å². The lowest BCUT2D eigenvalue weighted by Crippen LogP contribution is -2.44. The molecule has 0 aliphatic heterocycles. The number of amides is 2. The molecule has 0 atom stereocenters. The lowest BCUT2D eigenvalue weighted by atomic mass is 10.0. The van der Waals surface area contributed by atoms with Crippen LogP contribution in [0, 0.1) is 6.92 Å². The van der Waals surface area contributed by atoms with Crippen molar-refractivity contribution in [3.8, 4) is 11.3 Å². The summed E-state index contributed by atoms with van der Waals surface area (Å²) in [6.07, 6.45) is 0.807. The number of fused-ring (bicyclic) bond motifs is 1. The van der Waals surface area contributed by atoms with Gasteiger partial charge in [0.2, 0.25) is 5.78 Å². The van der Waals surface area contributed by atoms with E-state index in [0.29, 0.717) is 22.2 Å². The number of para-hydroxylation sites is 1. The number of benzene rings is 3. The van der Waals surface area contributed by atoms with Crippen LogP contribution in [0.1, 0.15) is 21.5 Å². The fourth-order valence-corrected chi connectivity index (χ4v) is 3.36. The summed E-state index contributed by atoms with van der Waals surface area (Å²) in [7, 11) is 0. The number of aromatic nitrogens is 1. The van der Waals surface area contributed by atoms with Gasteiger partial charge in [-0.3, -0.25) is 25.2 Å². The summed E-state index contributed by atoms with van der Waals surface area (Å²) >= 11 is 0. The molecule has 0 unspecified atom stereocenters. The summed E-state index contributed by atoms with van der Waals surface area (Å²) in [6.45, 7) is 1.89. The number of ketones is 1. The normalized spacial score (nSPS) is 11.1. The van der Waals surface area contributed by atoms with Gasteiger partial charge in [-0.05, 0) is 19.1 Å². The molecule has 0 aliphatic carbocycles. The molecule has 3 N–H and O–H groups in total. The van der Waals surface area contributed by atoms with Gasteiger partial charge in [-0.15, -0.1) is 0 Å². The van der Waals surface area contributed by atoms with Gasteiger partial charge in [0.25, 0.3) is 5.91 Å². The Kier molecular flexibility index (Phi) is 6.45. The molecule has 0 spiro atoms. The monoisotopic (exact) mass is 451 g/mol. The molecule has 3 aromatic carbocycles. The molecule has 4 rings (SSSR count). The Balaban J connectivity index is 1.52. The summed E-state index contributed by atoms with van der Waals surface area (Å²) < 4.78 is 0. The Morgan fingerprint density at radius 2 is 1.53 bits per heavy atom. The standard InChI is InChI=1S/C27H21N3O4/c1-17-11-13-19(14-12-17)24(31)16-25(32)27(34)30-29-26(33)21-15-23(18-7-3-2-4-8-18)28-22-10-6-5-9-20(21)22/h2-16,31H,1H3,(H,29,33)(H,30,34)/b24-16-. The molecule has 7 heteroatoms. The van der Waals surface area contributed by atoms with Gasteiger partial charge in [-0.1, -0.05) is 78.4 Å². The number of hydrogen-bond acceptors (Lipinski definition) is 5. The second-order valence-corrected chi connectivity index (χ2v) is 7.61. The van der Waals surface area contributed by atoms with E-state index >= 15 is 0 Å². The van der Waals surface area contributed by atoms with Crippen LogP contribution in [-0.2, 0) is 9.59 Å². The van der Waals surface area contributed by atoms with Crippen LogP contribution in [0.25, 0.3) is 27.9 Å². The molecule has 0 saturated carbocycles. The SMILES string of the molecule is Cc1ccc(/C(O)=C/C(=O)C(=O)NNC(=O)c2cc(-c3ccccc3)nc3ccccc23)cc1. The molecule has 1 heterocycles. The maximum atomic E-state index is 12.9. The molecule has 0 fully saturated rings. The van der Waals surface area contributed by atoms with Crippen LogP contribution in [0.3, 0.4) is 0 Å². The summed E-state index contributed by atoms with van der Waals surface area (Å²) in [5.41, 5.74) is 8.09. The third kappa shape index (κ3) is 4.99. The van der Waals surface area contributed by atoms with E-state index in [1.54, 1.807) is 48.5 Å². The number of aryl methyl sites for hydroxylation is 1. The molecule has 7 nitrogen and oxygen atoms in total. The average Bonchev–Trinajstić information content (AvgIpc) is 2.87. The average molecular weight is 451 g/mol. The van der Waals surface area contributed by atoms with Crippen molar-refractivity contribution in [2.75, 3.05) is 0 Å². The third-order valence-electron chi connectivity index (χ3n) is 5.16. The van der Waals surface area contributed by atoms with Gasteiger partial charge in [0.1, 0.15) is 5.76 Å². The first-order valence-electron chi connectivity index (χ1n) is 10.5. The Labute approximate surface area is 195 Å². The van der Waals surface area contributed by atoms with Gasteiger partial charge < -0.3 is 5.11 Å². The van der Waals surface area contributed by atoms with E-state index in [-0.39, 0.29) is 11.3 Å². The van der Waals surface area contributed by atoms with Crippen molar-refractivity contribution in [3.05, 3.63) is 108 Å². The minimum atomic E-state index is -1.09. The van der Waals surface area contributed by atoms with Crippen molar-refractivity contribution >= 4 is 34.3 Å². The van der Waals surface area contributed by atoms with Crippen molar-refractivity contribution in [2.45, 2.75) is 6.92 Å². The minimum Gasteiger partial charge on any atom is -0.507 e. The lowest BCUT2D eigenvalue weighted by Gasteiger charge is -2.11. The van der Waals surface area contributed by atoms with Crippen LogP contribution in [0.2, 0.25) is 0 Å². The first kappa shape index (κ1) is 22.4. The van der Waals surface area contributed by atoms with Gasteiger partial charge in [0.15, 0.2) is 0 Å². The number of carbonyl (C=O) groups excluding carboxylic acids is 3. The molecule has 0 saturated heterocycles. The molecule has 1 aromatic heterocycles. The van der Waals surface area contributed by atoms with E-state index in [4.69, 9.17) is 0 Å². The number of hydrogen-bond donors (Lipinski definition) is 3. The number of pyridine rings is 1. The van der Waals surface area contributed by atoms with Crippen LogP contribution in [0.5, 0.6) is 0 Å². The highest BCUT2D eigenvalue weighted by Gasteiger charge is 2.17. The fourth-order valence-electron chi connectivity index (χ4n) is 3.36. The summed E-state index contributed by atoms with van der Waals surface area (Å²) in [4.78, 5) is 41.9. The first-order chi connectivity index (χ1) is 16.4. The van der Waals surface area contributed by atoms with Gasteiger partial charge >= 0.3 is 5.91 Å². The van der Waals surface area contributed by atoms with Crippen molar-refractivity contribution in [3.63, 3.8) is 0 Å². The molecular weight excluding hydrogens is 430 g/mol. The van der Waals surface area contributed by atoms with Crippen molar-refractivity contribution in [1.29, 1.82) is 0 Å². The summed E-state index contributed by atoms with van der Waals surface area (Å²) in [5.74, 6) is -3.06. The van der Waals surface area contributed by atoms with Gasteiger partial charge in [0.05, 0.1) is 16.8 Å². The minimum absolute atomic E-state index is 0.287. The highest BCUT2D eigenvalue weighted by atomic mass is 16.3. The van der Waals surface area contributed by atoms with E-state index in [0.717, 1.165) is 17.2 Å². The van der Waals surface area contributed by atoms with Crippen molar-refractivity contribution < 1.29 is 19.5 Å². The Morgan fingerprint density at radius 3 is 2.26 bits per heavy atom. The predicted octanol–water partition coefficient (Wildman–Crippen LogP) is 4.14. The molecule has 4 aromatic rings. The maximum absolute atomic E-state index is 12.9. The van der Waals surface area contributed by atoms with E-state index in [1.807, 2.05) is 43.3 Å². The number of nitrogens with one attached hydrogen (secondary N) is 2. The van der Waals surface area contributed by atoms with E-state index < -0.39 is 17.6 Å². The topological polar surface area (TPSA) is 108 Å². The first-order valence-corrected chi connectivity index (χ1v) is 10.5.